The largest absolute Gasteiger partial charge is 0.409 e. The first-order chi connectivity index (χ1) is 12.0. The quantitative estimate of drug-likeness (QED) is 0.803. The van der Waals surface area contributed by atoms with Gasteiger partial charge in [-0.15, -0.1) is 0 Å². The predicted octanol–water partition coefficient (Wildman–Crippen LogP) is 3.72. The summed E-state index contributed by atoms with van der Waals surface area (Å²) in [5.74, 6) is 0.172. The van der Waals surface area contributed by atoms with Gasteiger partial charge in [0.25, 0.3) is 0 Å². The Labute approximate surface area is 153 Å². The number of halogens is 3. The number of alkyl halides is 3. The Kier molecular flexibility index (Phi) is 6.40. The third kappa shape index (κ3) is 4.23. The van der Waals surface area contributed by atoms with Crippen molar-refractivity contribution < 1.29 is 21.6 Å². The van der Waals surface area contributed by atoms with Crippen LogP contribution in [-0.2, 0) is 10.0 Å². The number of nitrogens with zero attached hydrogens (tertiary/aromatic N) is 1. The van der Waals surface area contributed by atoms with Gasteiger partial charge in [-0.2, -0.15) is 17.5 Å². The second-order valence-electron chi connectivity index (χ2n) is 7.40. The maximum atomic E-state index is 14.1. The van der Waals surface area contributed by atoms with E-state index in [1.807, 2.05) is 13.8 Å². The normalized spacial score (nSPS) is 22.7. The highest BCUT2D eigenvalue weighted by Gasteiger charge is 2.62. The molecule has 1 fully saturated rings. The first kappa shape index (κ1) is 21.2. The molecular formula is C18H27F3N2O2S. The van der Waals surface area contributed by atoms with E-state index < -0.39 is 28.3 Å². The van der Waals surface area contributed by atoms with Gasteiger partial charge in [0, 0.05) is 13.1 Å². The van der Waals surface area contributed by atoms with Gasteiger partial charge in [-0.3, -0.25) is 0 Å². The molecule has 148 valence electrons. The Bertz CT molecular complexity index is 702. The maximum absolute atomic E-state index is 14.1. The van der Waals surface area contributed by atoms with Gasteiger partial charge in [0.15, 0.2) is 0 Å². The van der Waals surface area contributed by atoms with Crippen LogP contribution >= 0.6 is 0 Å². The summed E-state index contributed by atoms with van der Waals surface area (Å²) in [6.07, 6.45) is -4.11. The molecule has 1 aromatic carbocycles. The highest BCUT2D eigenvalue weighted by atomic mass is 32.2. The lowest BCUT2D eigenvalue weighted by Gasteiger charge is -2.47. The van der Waals surface area contributed by atoms with Crippen molar-refractivity contribution in [3.05, 3.63) is 29.8 Å². The van der Waals surface area contributed by atoms with Gasteiger partial charge in [0.2, 0.25) is 10.0 Å². The zero-order chi connectivity index (χ0) is 19.6. The number of rotatable bonds is 6. The zero-order valence-electron chi connectivity index (χ0n) is 15.4. The molecule has 0 aromatic heterocycles. The van der Waals surface area contributed by atoms with Crippen molar-refractivity contribution in [2.24, 2.45) is 5.92 Å². The number of piperidine rings is 1. The fourth-order valence-electron chi connectivity index (χ4n) is 3.33. The van der Waals surface area contributed by atoms with E-state index in [1.165, 1.54) is 12.1 Å². The molecule has 1 aliphatic heterocycles. The molecule has 1 N–H and O–H groups in total. The molecule has 0 spiro atoms. The standard InChI is InChI=1S/C18H27F3N2O2S/c1-14(2)12-22-13-17(18(19,20)21)10-4-5-11-23(17)26(24,25)16-8-6-15(3)7-9-16/h6-9,14,22H,4-5,10-13H2,1-3H3. The third-order valence-electron chi connectivity index (χ3n) is 4.79. The second kappa shape index (κ2) is 7.86. The Morgan fingerprint density at radius 1 is 1.19 bits per heavy atom. The Morgan fingerprint density at radius 2 is 1.81 bits per heavy atom. The molecular weight excluding hydrogens is 365 g/mol. The molecule has 0 saturated carbocycles. The fourth-order valence-corrected chi connectivity index (χ4v) is 5.15. The zero-order valence-corrected chi connectivity index (χ0v) is 16.3. The average Bonchev–Trinajstić information content (AvgIpc) is 2.54. The average molecular weight is 392 g/mol. The summed E-state index contributed by atoms with van der Waals surface area (Å²) < 4.78 is 69.2. The monoisotopic (exact) mass is 392 g/mol. The molecule has 1 heterocycles. The van der Waals surface area contributed by atoms with Crippen LogP contribution in [0.4, 0.5) is 13.2 Å². The van der Waals surface area contributed by atoms with Crippen LogP contribution in [0.15, 0.2) is 29.2 Å². The van der Waals surface area contributed by atoms with Gasteiger partial charge < -0.3 is 5.32 Å². The summed E-state index contributed by atoms with van der Waals surface area (Å²) >= 11 is 0. The van der Waals surface area contributed by atoms with Crippen molar-refractivity contribution >= 4 is 10.0 Å². The number of aryl methyl sites for hydroxylation is 1. The highest BCUT2D eigenvalue weighted by molar-refractivity contribution is 7.89. The molecule has 1 aliphatic rings. The van der Waals surface area contributed by atoms with Crippen molar-refractivity contribution in [3.63, 3.8) is 0 Å². The van der Waals surface area contributed by atoms with Crippen LogP contribution in [0.3, 0.4) is 0 Å². The summed E-state index contributed by atoms with van der Waals surface area (Å²) in [6, 6.07) is 5.95. The van der Waals surface area contributed by atoms with E-state index in [0.717, 1.165) is 5.56 Å². The minimum absolute atomic E-state index is 0.0949. The number of sulfonamides is 1. The van der Waals surface area contributed by atoms with Gasteiger partial charge in [-0.25, -0.2) is 8.42 Å². The van der Waals surface area contributed by atoms with Gasteiger partial charge in [-0.1, -0.05) is 31.5 Å². The molecule has 0 bridgehead atoms. The molecule has 0 amide bonds. The lowest BCUT2D eigenvalue weighted by Crippen LogP contribution is -2.67. The summed E-state index contributed by atoms with van der Waals surface area (Å²) in [5.41, 5.74) is -1.56. The molecule has 1 saturated heterocycles. The summed E-state index contributed by atoms with van der Waals surface area (Å²) in [5, 5.41) is 2.84. The smallest absolute Gasteiger partial charge is 0.314 e. The molecule has 8 heteroatoms. The minimum Gasteiger partial charge on any atom is -0.314 e. The van der Waals surface area contributed by atoms with Crippen LogP contribution in [0.5, 0.6) is 0 Å². The van der Waals surface area contributed by atoms with Crippen molar-refractivity contribution in [2.75, 3.05) is 19.6 Å². The number of hydrogen-bond acceptors (Lipinski definition) is 3. The van der Waals surface area contributed by atoms with Crippen molar-refractivity contribution in [1.29, 1.82) is 0 Å². The summed E-state index contributed by atoms with van der Waals surface area (Å²) in [6.45, 7) is 5.44. The van der Waals surface area contributed by atoms with E-state index in [9.17, 15) is 21.6 Å². The van der Waals surface area contributed by atoms with Gasteiger partial charge in [0.05, 0.1) is 4.90 Å². The second-order valence-corrected chi connectivity index (χ2v) is 9.26. The number of nitrogens with one attached hydrogen (secondary N) is 1. The summed E-state index contributed by atoms with van der Waals surface area (Å²) in [7, 11) is -4.25. The van der Waals surface area contributed by atoms with Crippen LogP contribution < -0.4 is 5.32 Å². The fraction of sp³-hybridized carbons (Fsp3) is 0.667. The van der Waals surface area contributed by atoms with E-state index in [-0.39, 0.29) is 23.8 Å². The maximum Gasteiger partial charge on any atom is 0.409 e. The Morgan fingerprint density at radius 3 is 2.35 bits per heavy atom. The topological polar surface area (TPSA) is 49.4 Å². The predicted molar refractivity (Wildman–Crippen MR) is 95.4 cm³/mol. The molecule has 1 aromatic rings. The van der Waals surface area contributed by atoms with Crippen molar-refractivity contribution in [2.45, 2.75) is 56.6 Å². The van der Waals surface area contributed by atoms with Crippen LogP contribution in [-0.4, -0.2) is 44.1 Å². The van der Waals surface area contributed by atoms with E-state index in [2.05, 4.69) is 5.32 Å². The lowest BCUT2D eigenvalue weighted by molar-refractivity contribution is -0.223. The molecule has 0 aliphatic carbocycles. The highest BCUT2D eigenvalue weighted by Crippen LogP contribution is 2.44. The van der Waals surface area contributed by atoms with Crippen molar-refractivity contribution in [3.8, 4) is 0 Å². The Hall–Kier alpha value is -1.12. The molecule has 1 atom stereocenters. The van der Waals surface area contributed by atoms with Gasteiger partial charge in [0.1, 0.15) is 5.54 Å². The molecule has 2 rings (SSSR count). The van der Waals surface area contributed by atoms with E-state index in [4.69, 9.17) is 0 Å². The van der Waals surface area contributed by atoms with Crippen LogP contribution in [0.2, 0.25) is 0 Å². The first-order valence-electron chi connectivity index (χ1n) is 8.88. The van der Waals surface area contributed by atoms with E-state index in [1.54, 1.807) is 19.1 Å². The third-order valence-corrected chi connectivity index (χ3v) is 6.77. The molecule has 0 radical (unpaired) electrons. The SMILES string of the molecule is Cc1ccc(S(=O)(=O)N2CCCCC2(CNCC(C)C)C(F)(F)F)cc1. The first-order valence-corrected chi connectivity index (χ1v) is 10.3. The van der Waals surface area contributed by atoms with Crippen LogP contribution in [0.25, 0.3) is 0 Å². The molecule has 1 unspecified atom stereocenters. The van der Waals surface area contributed by atoms with Crippen LogP contribution in [0, 0.1) is 12.8 Å². The Balaban J connectivity index is 2.45. The number of hydrogen-bond donors (Lipinski definition) is 1. The van der Waals surface area contributed by atoms with E-state index in [0.29, 0.717) is 23.7 Å². The van der Waals surface area contributed by atoms with Gasteiger partial charge in [-0.05, 0) is 50.8 Å². The minimum atomic E-state index is -4.66. The van der Waals surface area contributed by atoms with E-state index >= 15 is 0 Å². The van der Waals surface area contributed by atoms with Crippen molar-refractivity contribution in [1.82, 2.24) is 9.62 Å². The lowest BCUT2D eigenvalue weighted by atomic mass is 9.87. The van der Waals surface area contributed by atoms with Crippen LogP contribution in [0.1, 0.15) is 38.7 Å². The number of benzene rings is 1. The molecule has 4 nitrogen and oxygen atoms in total. The van der Waals surface area contributed by atoms with Gasteiger partial charge >= 0.3 is 6.18 Å². The molecule has 26 heavy (non-hydrogen) atoms. The summed E-state index contributed by atoms with van der Waals surface area (Å²) in [4.78, 5) is -0.0949.